The smallest absolute Gasteiger partial charge is 0.253 e. The first-order chi connectivity index (χ1) is 13.3. The van der Waals surface area contributed by atoms with Crippen molar-refractivity contribution in [1.82, 2.24) is 14.9 Å². The fourth-order valence-corrected chi connectivity index (χ4v) is 3.00. The summed E-state index contributed by atoms with van der Waals surface area (Å²) >= 11 is 0. The van der Waals surface area contributed by atoms with Crippen LogP contribution >= 0.6 is 0 Å². The maximum absolute atomic E-state index is 12.7. The maximum Gasteiger partial charge on any atom is 0.253 e. The van der Waals surface area contributed by atoms with Crippen LogP contribution < -0.4 is 9.47 Å². The van der Waals surface area contributed by atoms with Gasteiger partial charge in [0.25, 0.3) is 5.91 Å². The van der Waals surface area contributed by atoms with E-state index in [1.54, 1.807) is 35.6 Å². The van der Waals surface area contributed by atoms with Crippen molar-refractivity contribution >= 4 is 5.91 Å². The number of aromatic nitrogens is 2. The molecule has 2 aromatic carbocycles. The first-order valence-corrected chi connectivity index (χ1v) is 8.83. The van der Waals surface area contributed by atoms with Crippen LogP contribution in [0.4, 0.5) is 0 Å². The van der Waals surface area contributed by atoms with Crippen molar-refractivity contribution in [1.29, 1.82) is 0 Å². The number of carbonyl (C=O) groups excluding carboxylic acids is 1. The lowest BCUT2D eigenvalue weighted by Gasteiger charge is -2.17. The van der Waals surface area contributed by atoms with Gasteiger partial charge in [0.05, 0.1) is 12.7 Å². The van der Waals surface area contributed by atoms with E-state index in [9.17, 15) is 4.79 Å². The number of carbonyl (C=O) groups is 1. The van der Waals surface area contributed by atoms with Crippen LogP contribution in [0.15, 0.2) is 73.2 Å². The average Bonchev–Trinajstić information content (AvgIpc) is 3.18. The molecule has 6 heteroatoms. The van der Waals surface area contributed by atoms with Crippen molar-refractivity contribution < 1.29 is 14.3 Å². The lowest BCUT2D eigenvalue weighted by molar-refractivity contribution is 0.0771. The Bertz CT molecular complexity index is 886. The van der Waals surface area contributed by atoms with E-state index in [4.69, 9.17) is 9.47 Å². The van der Waals surface area contributed by atoms with E-state index in [0.717, 1.165) is 12.2 Å². The first kappa shape index (κ1) is 17.0. The van der Waals surface area contributed by atoms with Crippen LogP contribution in [0.5, 0.6) is 17.4 Å². The third kappa shape index (κ3) is 4.23. The number of amides is 1. The fraction of sp³-hybridized carbons (Fsp3) is 0.190. The minimum atomic E-state index is -0.0636. The van der Waals surface area contributed by atoms with Crippen molar-refractivity contribution in [3.05, 3.63) is 78.8 Å². The minimum Gasteiger partial charge on any atom is -0.471 e. The quantitative estimate of drug-likeness (QED) is 0.695. The van der Waals surface area contributed by atoms with E-state index in [-0.39, 0.29) is 12.0 Å². The Labute approximate surface area is 157 Å². The summed E-state index contributed by atoms with van der Waals surface area (Å²) in [5.74, 6) is 1.94. The van der Waals surface area contributed by atoms with Crippen molar-refractivity contribution in [3.8, 4) is 17.4 Å². The molecule has 1 aromatic heterocycles. The Morgan fingerprint density at radius 3 is 2.52 bits per heavy atom. The zero-order chi connectivity index (χ0) is 18.5. The third-order valence-corrected chi connectivity index (χ3v) is 4.34. The molecule has 1 unspecified atom stereocenters. The first-order valence-electron chi connectivity index (χ1n) is 8.83. The van der Waals surface area contributed by atoms with Crippen LogP contribution in [0, 0.1) is 0 Å². The van der Waals surface area contributed by atoms with Crippen LogP contribution in [-0.2, 0) is 0 Å². The number of likely N-dealkylation sites (tertiary alicyclic amines) is 1. The van der Waals surface area contributed by atoms with E-state index in [2.05, 4.69) is 9.97 Å². The molecule has 1 fully saturated rings. The summed E-state index contributed by atoms with van der Waals surface area (Å²) in [5.41, 5.74) is 0.635. The van der Waals surface area contributed by atoms with Crippen molar-refractivity contribution in [2.45, 2.75) is 12.5 Å². The van der Waals surface area contributed by atoms with E-state index in [0.29, 0.717) is 30.3 Å². The number of para-hydroxylation sites is 1. The zero-order valence-electron chi connectivity index (χ0n) is 14.7. The number of hydrogen-bond acceptors (Lipinski definition) is 5. The Kier molecular flexibility index (Phi) is 4.96. The molecule has 0 aliphatic carbocycles. The number of ether oxygens (including phenoxy) is 2. The molecule has 1 saturated heterocycles. The second kappa shape index (κ2) is 7.86. The van der Waals surface area contributed by atoms with Crippen LogP contribution in [0.1, 0.15) is 16.8 Å². The van der Waals surface area contributed by atoms with Crippen molar-refractivity contribution in [3.63, 3.8) is 0 Å². The molecular weight excluding hydrogens is 342 g/mol. The highest BCUT2D eigenvalue weighted by molar-refractivity contribution is 5.94. The van der Waals surface area contributed by atoms with Crippen molar-refractivity contribution in [2.75, 3.05) is 13.1 Å². The highest BCUT2D eigenvalue weighted by Crippen LogP contribution is 2.23. The van der Waals surface area contributed by atoms with Gasteiger partial charge in [0, 0.05) is 30.9 Å². The van der Waals surface area contributed by atoms with Gasteiger partial charge in [-0.2, -0.15) is 0 Å². The summed E-state index contributed by atoms with van der Waals surface area (Å²) < 4.78 is 11.6. The molecular formula is C21H19N3O3. The molecule has 0 N–H and O–H groups in total. The molecule has 1 atom stereocenters. The Morgan fingerprint density at radius 2 is 1.78 bits per heavy atom. The van der Waals surface area contributed by atoms with Gasteiger partial charge in [-0.05, 0) is 36.4 Å². The van der Waals surface area contributed by atoms with Crippen LogP contribution in [0.2, 0.25) is 0 Å². The monoisotopic (exact) mass is 361 g/mol. The van der Waals surface area contributed by atoms with Gasteiger partial charge in [-0.3, -0.25) is 9.78 Å². The van der Waals surface area contributed by atoms with E-state index < -0.39 is 0 Å². The minimum absolute atomic E-state index is 0.00786. The topological polar surface area (TPSA) is 64.5 Å². The highest BCUT2D eigenvalue weighted by atomic mass is 16.5. The summed E-state index contributed by atoms with van der Waals surface area (Å²) in [6, 6.07) is 16.7. The lowest BCUT2D eigenvalue weighted by atomic mass is 10.2. The largest absolute Gasteiger partial charge is 0.471 e. The van der Waals surface area contributed by atoms with Gasteiger partial charge < -0.3 is 14.4 Å². The summed E-state index contributed by atoms with van der Waals surface area (Å²) in [6.07, 6.45) is 5.48. The molecule has 1 amide bonds. The summed E-state index contributed by atoms with van der Waals surface area (Å²) in [4.78, 5) is 22.6. The Morgan fingerprint density at radius 1 is 1.00 bits per heavy atom. The normalized spacial score (nSPS) is 16.1. The average molecular weight is 361 g/mol. The molecule has 0 bridgehead atoms. The van der Waals surface area contributed by atoms with Gasteiger partial charge in [0.15, 0.2) is 0 Å². The molecule has 136 valence electrons. The van der Waals surface area contributed by atoms with E-state index in [1.807, 2.05) is 42.5 Å². The molecule has 4 rings (SSSR count). The number of rotatable bonds is 5. The molecule has 2 heterocycles. The van der Waals surface area contributed by atoms with Crippen LogP contribution in [-0.4, -0.2) is 40.0 Å². The van der Waals surface area contributed by atoms with E-state index >= 15 is 0 Å². The Hall–Kier alpha value is -3.41. The van der Waals surface area contributed by atoms with Gasteiger partial charge in [0.2, 0.25) is 5.88 Å². The van der Waals surface area contributed by atoms with Gasteiger partial charge in [-0.15, -0.1) is 0 Å². The lowest BCUT2D eigenvalue weighted by Crippen LogP contribution is -2.31. The summed E-state index contributed by atoms with van der Waals surface area (Å²) in [6.45, 7) is 1.20. The fourth-order valence-electron chi connectivity index (χ4n) is 3.00. The predicted octanol–water partition coefficient (Wildman–Crippen LogP) is 3.56. The van der Waals surface area contributed by atoms with Crippen LogP contribution in [0.25, 0.3) is 0 Å². The molecule has 0 spiro atoms. The molecule has 6 nitrogen and oxygen atoms in total. The molecule has 0 radical (unpaired) electrons. The number of hydrogen-bond donors (Lipinski definition) is 0. The molecule has 1 aliphatic heterocycles. The van der Waals surface area contributed by atoms with Gasteiger partial charge >= 0.3 is 0 Å². The molecule has 3 aromatic rings. The van der Waals surface area contributed by atoms with Gasteiger partial charge in [0.1, 0.15) is 17.6 Å². The maximum atomic E-state index is 12.7. The molecule has 27 heavy (non-hydrogen) atoms. The summed E-state index contributed by atoms with van der Waals surface area (Å²) in [5, 5.41) is 0. The van der Waals surface area contributed by atoms with Gasteiger partial charge in [-0.25, -0.2) is 4.98 Å². The SMILES string of the molecule is O=C(c1ccc(Oc2ccccc2)cc1)N1CCC(Oc2cnccn2)C1. The highest BCUT2D eigenvalue weighted by Gasteiger charge is 2.28. The second-order valence-electron chi connectivity index (χ2n) is 6.26. The predicted molar refractivity (Wildman–Crippen MR) is 99.9 cm³/mol. The number of benzene rings is 2. The van der Waals surface area contributed by atoms with Crippen LogP contribution in [0.3, 0.4) is 0 Å². The Balaban J connectivity index is 1.35. The zero-order valence-corrected chi connectivity index (χ0v) is 14.7. The summed E-state index contributed by atoms with van der Waals surface area (Å²) in [7, 11) is 0. The third-order valence-electron chi connectivity index (χ3n) is 4.34. The number of nitrogens with zero attached hydrogens (tertiary/aromatic N) is 3. The van der Waals surface area contributed by atoms with Gasteiger partial charge in [-0.1, -0.05) is 18.2 Å². The van der Waals surface area contributed by atoms with E-state index in [1.165, 1.54) is 0 Å². The molecule has 0 saturated carbocycles. The molecule has 1 aliphatic rings. The standard InChI is InChI=1S/C21H19N3O3/c25-21(24-13-10-19(15-24)27-20-14-22-11-12-23-20)16-6-8-18(9-7-16)26-17-4-2-1-3-5-17/h1-9,11-12,14,19H,10,13,15H2. The second-order valence-corrected chi connectivity index (χ2v) is 6.26. The van der Waals surface area contributed by atoms with Crippen molar-refractivity contribution in [2.24, 2.45) is 0 Å².